The molecule has 32 heavy (non-hydrogen) atoms. The third-order valence-electron chi connectivity index (χ3n) is 5.20. The molecule has 3 aromatic carbocycles. The number of anilines is 2. The molecule has 1 N–H and O–H groups in total. The number of hydrogen-bond acceptors (Lipinski definition) is 5. The maximum absolute atomic E-state index is 13.2. The fourth-order valence-electron chi connectivity index (χ4n) is 3.63. The van der Waals surface area contributed by atoms with E-state index in [0.29, 0.717) is 18.0 Å². The van der Waals surface area contributed by atoms with E-state index in [1.807, 2.05) is 54.8 Å². The number of ether oxygens (including phenoxy) is 1. The van der Waals surface area contributed by atoms with Gasteiger partial charge in [0.15, 0.2) is 6.61 Å². The molecule has 0 aromatic heterocycles. The second-order valence-corrected chi connectivity index (χ2v) is 10.1. The van der Waals surface area contributed by atoms with Crippen LogP contribution in [0, 0.1) is 0 Å². The van der Waals surface area contributed by atoms with E-state index in [-0.39, 0.29) is 17.4 Å². The Labute approximate surface area is 192 Å². The van der Waals surface area contributed by atoms with Crippen LogP contribution in [0.1, 0.15) is 12.0 Å². The second kappa shape index (κ2) is 9.67. The number of para-hydroxylation sites is 1. The number of amides is 1. The molecule has 4 rings (SSSR count). The minimum atomic E-state index is -3.67. The molecule has 0 fully saturated rings. The molecule has 0 bridgehead atoms. The van der Waals surface area contributed by atoms with Crippen LogP contribution in [-0.2, 0) is 21.2 Å². The van der Waals surface area contributed by atoms with E-state index in [2.05, 4.69) is 5.32 Å². The van der Waals surface area contributed by atoms with Crippen molar-refractivity contribution in [3.8, 4) is 5.75 Å². The monoisotopic (exact) mass is 468 g/mol. The first-order valence-electron chi connectivity index (χ1n) is 10.2. The van der Waals surface area contributed by atoms with Gasteiger partial charge in [-0.3, -0.25) is 9.10 Å². The minimum absolute atomic E-state index is 0.172. The molecule has 6 nitrogen and oxygen atoms in total. The Morgan fingerprint density at radius 1 is 1.06 bits per heavy atom. The fourth-order valence-corrected chi connectivity index (χ4v) is 5.63. The number of carbonyl (C=O) groups is 1. The average molecular weight is 469 g/mol. The van der Waals surface area contributed by atoms with E-state index in [4.69, 9.17) is 4.74 Å². The quantitative estimate of drug-likeness (QED) is 0.514. The van der Waals surface area contributed by atoms with Crippen molar-refractivity contribution in [2.24, 2.45) is 0 Å². The van der Waals surface area contributed by atoms with Crippen LogP contribution in [0.15, 0.2) is 82.6 Å². The molecule has 0 saturated heterocycles. The summed E-state index contributed by atoms with van der Waals surface area (Å²) in [5.74, 6) is 0.140. The first kappa shape index (κ1) is 22.2. The Balaban J connectivity index is 1.40. The summed E-state index contributed by atoms with van der Waals surface area (Å²) in [6, 6.07) is 21.3. The highest BCUT2D eigenvalue weighted by Crippen LogP contribution is 2.32. The van der Waals surface area contributed by atoms with Gasteiger partial charge < -0.3 is 10.1 Å². The molecule has 0 unspecified atom stereocenters. The standard InChI is InChI=1S/C24H24N2O4S2/c1-31-21-9-4-8-19(16-21)25-24(27)17-30-20-11-13-22(14-12-20)32(28,29)26-15-5-7-18-6-2-3-10-23(18)26/h2-4,6,8-14,16H,5,7,15,17H2,1H3,(H,25,27). The normalized spacial score (nSPS) is 13.3. The summed E-state index contributed by atoms with van der Waals surface area (Å²) in [6.07, 6.45) is 3.63. The molecule has 0 radical (unpaired) electrons. The number of aryl methyl sites for hydroxylation is 1. The van der Waals surface area contributed by atoms with Crippen LogP contribution >= 0.6 is 11.8 Å². The van der Waals surface area contributed by atoms with Crippen LogP contribution in [-0.4, -0.2) is 33.7 Å². The van der Waals surface area contributed by atoms with Crippen LogP contribution < -0.4 is 14.4 Å². The van der Waals surface area contributed by atoms with Gasteiger partial charge in [0.1, 0.15) is 5.75 Å². The van der Waals surface area contributed by atoms with E-state index < -0.39 is 10.0 Å². The van der Waals surface area contributed by atoms with Crippen molar-refractivity contribution in [1.29, 1.82) is 0 Å². The van der Waals surface area contributed by atoms with E-state index in [1.165, 1.54) is 16.4 Å². The van der Waals surface area contributed by atoms with Crippen molar-refractivity contribution in [3.63, 3.8) is 0 Å². The first-order chi connectivity index (χ1) is 15.5. The topological polar surface area (TPSA) is 75.7 Å². The number of carbonyl (C=O) groups excluding carboxylic acids is 1. The molecule has 1 aliphatic rings. The third kappa shape index (κ3) is 4.92. The highest BCUT2D eigenvalue weighted by Gasteiger charge is 2.28. The van der Waals surface area contributed by atoms with Crippen LogP contribution in [0.5, 0.6) is 5.75 Å². The Hall–Kier alpha value is -2.97. The van der Waals surface area contributed by atoms with Crippen molar-refractivity contribution < 1.29 is 17.9 Å². The number of benzene rings is 3. The number of nitrogens with one attached hydrogen (secondary N) is 1. The summed E-state index contributed by atoms with van der Waals surface area (Å²) < 4.78 is 33.4. The molecule has 1 heterocycles. The Morgan fingerprint density at radius 3 is 2.62 bits per heavy atom. The van der Waals surface area contributed by atoms with Gasteiger partial charge in [0.25, 0.3) is 15.9 Å². The third-order valence-corrected chi connectivity index (χ3v) is 7.76. The zero-order valence-corrected chi connectivity index (χ0v) is 19.3. The van der Waals surface area contributed by atoms with Crippen molar-refractivity contribution >= 4 is 39.1 Å². The predicted molar refractivity (Wildman–Crippen MR) is 128 cm³/mol. The second-order valence-electron chi connectivity index (χ2n) is 7.35. The lowest BCUT2D eigenvalue weighted by Gasteiger charge is -2.30. The van der Waals surface area contributed by atoms with E-state index >= 15 is 0 Å². The molecule has 0 spiro atoms. The van der Waals surface area contributed by atoms with Crippen molar-refractivity contribution in [3.05, 3.63) is 78.4 Å². The highest BCUT2D eigenvalue weighted by molar-refractivity contribution is 7.98. The lowest BCUT2D eigenvalue weighted by atomic mass is 10.0. The highest BCUT2D eigenvalue weighted by atomic mass is 32.2. The van der Waals surface area contributed by atoms with Gasteiger partial charge >= 0.3 is 0 Å². The molecule has 0 saturated carbocycles. The molecule has 1 amide bonds. The van der Waals surface area contributed by atoms with Gasteiger partial charge in [0, 0.05) is 17.1 Å². The molecule has 1 aliphatic heterocycles. The number of rotatable bonds is 7. The summed E-state index contributed by atoms with van der Waals surface area (Å²) in [4.78, 5) is 13.4. The van der Waals surface area contributed by atoms with Gasteiger partial charge in [-0.05, 0) is 73.2 Å². The predicted octanol–water partition coefficient (Wildman–Crippen LogP) is 4.57. The Morgan fingerprint density at radius 2 is 1.84 bits per heavy atom. The number of nitrogens with zero attached hydrogens (tertiary/aromatic N) is 1. The minimum Gasteiger partial charge on any atom is -0.484 e. The van der Waals surface area contributed by atoms with Crippen LogP contribution in [0.4, 0.5) is 11.4 Å². The van der Waals surface area contributed by atoms with Gasteiger partial charge in [-0.2, -0.15) is 0 Å². The van der Waals surface area contributed by atoms with Gasteiger partial charge in [-0.15, -0.1) is 11.8 Å². The van der Waals surface area contributed by atoms with Crippen LogP contribution in [0.2, 0.25) is 0 Å². The largest absolute Gasteiger partial charge is 0.484 e. The van der Waals surface area contributed by atoms with E-state index in [0.717, 1.165) is 29.0 Å². The Bertz CT molecular complexity index is 1210. The zero-order chi connectivity index (χ0) is 22.6. The zero-order valence-electron chi connectivity index (χ0n) is 17.7. The molecule has 0 aliphatic carbocycles. The molecule has 3 aromatic rings. The van der Waals surface area contributed by atoms with E-state index in [9.17, 15) is 13.2 Å². The molecular formula is C24H24N2O4S2. The molecule has 8 heteroatoms. The maximum Gasteiger partial charge on any atom is 0.264 e. The molecule has 166 valence electrons. The first-order valence-corrected chi connectivity index (χ1v) is 12.9. The average Bonchev–Trinajstić information content (AvgIpc) is 2.82. The van der Waals surface area contributed by atoms with Gasteiger partial charge in [-0.25, -0.2) is 8.42 Å². The smallest absolute Gasteiger partial charge is 0.264 e. The van der Waals surface area contributed by atoms with Gasteiger partial charge in [-0.1, -0.05) is 24.3 Å². The fraction of sp³-hybridized carbons (Fsp3) is 0.208. The van der Waals surface area contributed by atoms with Crippen LogP contribution in [0.3, 0.4) is 0 Å². The van der Waals surface area contributed by atoms with Crippen molar-refractivity contribution in [2.45, 2.75) is 22.6 Å². The van der Waals surface area contributed by atoms with Crippen LogP contribution in [0.25, 0.3) is 0 Å². The lowest BCUT2D eigenvalue weighted by molar-refractivity contribution is -0.118. The summed E-state index contributed by atoms with van der Waals surface area (Å²) in [7, 11) is -3.67. The summed E-state index contributed by atoms with van der Waals surface area (Å²) in [5, 5.41) is 2.80. The number of thioether (sulfide) groups is 1. The Kier molecular flexibility index (Phi) is 6.72. The SMILES string of the molecule is CSc1cccc(NC(=O)COc2ccc(S(=O)(=O)N3CCCc4ccccc43)cc2)c1. The molecular weight excluding hydrogens is 444 g/mol. The van der Waals surface area contributed by atoms with E-state index in [1.54, 1.807) is 23.9 Å². The van der Waals surface area contributed by atoms with Gasteiger partial charge in [0.05, 0.1) is 10.6 Å². The summed E-state index contributed by atoms with van der Waals surface area (Å²) >= 11 is 1.59. The van der Waals surface area contributed by atoms with Crippen molar-refractivity contribution in [2.75, 3.05) is 29.0 Å². The summed E-state index contributed by atoms with van der Waals surface area (Å²) in [5.41, 5.74) is 2.48. The van der Waals surface area contributed by atoms with Gasteiger partial charge in [0.2, 0.25) is 0 Å². The maximum atomic E-state index is 13.2. The number of fused-ring (bicyclic) bond motifs is 1. The number of sulfonamides is 1. The van der Waals surface area contributed by atoms with Crippen molar-refractivity contribution in [1.82, 2.24) is 0 Å². The lowest BCUT2D eigenvalue weighted by Crippen LogP contribution is -2.35. The summed E-state index contributed by atoms with van der Waals surface area (Å²) in [6.45, 7) is 0.282. The molecule has 0 atom stereocenters. The number of hydrogen-bond donors (Lipinski definition) is 1.